The van der Waals surface area contributed by atoms with E-state index in [-0.39, 0.29) is 0 Å². The lowest BCUT2D eigenvalue weighted by Crippen LogP contribution is -2.56. The third-order valence-corrected chi connectivity index (χ3v) is 2.28. The standard InChI is InChI=1S/C7H12O6/c8-3-1-7(13,6(11)12)2-4(9)5(3)10/h3-5,8-10,13H,1-2H2,(H,11,12)/t3-,4?,5?,7?/m0/s1. The number of hydrogen-bond acceptors (Lipinski definition) is 5. The normalized spacial score (nSPS) is 46.0. The van der Waals surface area contributed by atoms with Crippen molar-refractivity contribution in [2.75, 3.05) is 0 Å². The Morgan fingerprint density at radius 1 is 1.15 bits per heavy atom. The van der Waals surface area contributed by atoms with Crippen molar-refractivity contribution in [3.05, 3.63) is 0 Å². The van der Waals surface area contributed by atoms with E-state index in [9.17, 15) is 9.90 Å². The molecule has 76 valence electrons. The fourth-order valence-electron chi connectivity index (χ4n) is 1.45. The smallest absolute Gasteiger partial charge is 0.335 e. The summed E-state index contributed by atoms with van der Waals surface area (Å²) in [6.07, 6.45) is -5.16. The van der Waals surface area contributed by atoms with Gasteiger partial charge in [0.2, 0.25) is 0 Å². The Labute approximate surface area is 74.1 Å². The second-order valence-electron chi connectivity index (χ2n) is 3.37. The minimum atomic E-state index is -2.14. The molecule has 0 amide bonds. The Morgan fingerprint density at radius 3 is 1.85 bits per heavy atom. The van der Waals surface area contributed by atoms with Gasteiger partial charge in [-0.1, -0.05) is 0 Å². The van der Waals surface area contributed by atoms with Gasteiger partial charge in [0.25, 0.3) is 0 Å². The second kappa shape index (κ2) is 3.22. The fourth-order valence-corrected chi connectivity index (χ4v) is 1.45. The predicted octanol–water partition coefficient (Wildman–Crippen LogP) is -2.32. The van der Waals surface area contributed by atoms with Crippen LogP contribution in [0.15, 0.2) is 0 Å². The van der Waals surface area contributed by atoms with E-state index in [1.807, 2.05) is 0 Å². The number of hydrogen-bond donors (Lipinski definition) is 5. The molecule has 6 heteroatoms. The van der Waals surface area contributed by atoms with Crippen LogP contribution >= 0.6 is 0 Å². The molecule has 1 rings (SSSR count). The highest BCUT2D eigenvalue weighted by Crippen LogP contribution is 2.29. The van der Waals surface area contributed by atoms with Crippen molar-refractivity contribution < 1.29 is 30.3 Å². The number of aliphatic hydroxyl groups is 4. The van der Waals surface area contributed by atoms with Gasteiger partial charge in [-0.3, -0.25) is 0 Å². The highest BCUT2D eigenvalue weighted by molar-refractivity contribution is 5.77. The molecule has 1 aliphatic rings. The molecule has 0 bridgehead atoms. The van der Waals surface area contributed by atoms with E-state index in [1.54, 1.807) is 0 Å². The largest absolute Gasteiger partial charge is 0.479 e. The predicted molar refractivity (Wildman–Crippen MR) is 39.8 cm³/mol. The molecule has 6 nitrogen and oxygen atoms in total. The van der Waals surface area contributed by atoms with E-state index in [0.29, 0.717) is 0 Å². The summed E-state index contributed by atoms with van der Waals surface area (Å²) in [4.78, 5) is 10.5. The second-order valence-corrected chi connectivity index (χ2v) is 3.37. The van der Waals surface area contributed by atoms with Crippen LogP contribution in [0.25, 0.3) is 0 Å². The van der Waals surface area contributed by atoms with Gasteiger partial charge in [-0.15, -0.1) is 0 Å². The highest BCUT2D eigenvalue weighted by Gasteiger charge is 2.48. The van der Waals surface area contributed by atoms with E-state index in [1.165, 1.54) is 0 Å². The molecule has 4 atom stereocenters. The number of rotatable bonds is 1. The van der Waals surface area contributed by atoms with Gasteiger partial charge in [0.15, 0.2) is 5.60 Å². The Bertz CT molecular complexity index is 203. The van der Waals surface area contributed by atoms with Gasteiger partial charge in [0.05, 0.1) is 12.2 Å². The third kappa shape index (κ3) is 1.80. The van der Waals surface area contributed by atoms with Gasteiger partial charge in [-0.2, -0.15) is 0 Å². The van der Waals surface area contributed by atoms with Gasteiger partial charge < -0.3 is 25.5 Å². The number of aliphatic carboxylic acids is 1. The lowest BCUT2D eigenvalue weighted by molar-refractivity contribution is -0.187. The zero-order valence-electron chi connectivity index (χ0n) is 6.79. The molecule has 0 heterocycles. The Morgan fingerprint density at radius 2 is 1.54 bits per heavy atom. The minimum absolute atomic E-state index is 0.472. The van der Waals surface area contributed by atoms with Gasteiger partial charge in [0.1, 0.15) is 6.10 Å². The van der Waals surface area contributed by atoms with Crippen LogP contribution in [0.1, 0.15) is 12.8 Å². The molecule has 1 fully saturated rings. The molecule has 0 spiro atoms. The molecular formula is C7H12O6. The van der Waals surface area contributed by atoms with Crippen LogP contribution in [0, 0.1) is 0 Å². The minimum Gasteiger partial charge on any atom is -0.479 e. The lowest BCUT2D eigenvalue weighted by Gasteiger charge is -2.37. The summed E-state index contributed by atoms with van der Waals surface area (Å²) in [7, 11) is 0. The van der Waals surface area contributed by atoms with Gasteiger partial charge in [-0.05, 0) is 0 Å². The van der Waals surface area contributed by atoms with E-state index in [4.69, 9.17) is 20.4 Å². The van der Waals surface area contributed by atoms with Crippen molar-refractivity contribution >= 4 is 5.97 Å². The molecule has 0 radical (unpaired) electrons. The van der Waals surface area contributed by atoms with Crippen LogP contribution in [0.4, 0.5) is 0 Å². The number of carboxylic acids is 1. The van der Waals surface area contributed by atoms with E-state index in [0.717, 1.165) is 0 Å². The fraction of sp³-hybridized carbons (Fsp3) is 0.857. The molecule has 0 aromatic rings. The van der Waals surface area contributed by atoms with Crippen LogP contribution in [0.3, 0.4) is 0 Å². The molecule has 13 heavy (non-hydrogen) atoms. The summed E-state index contributed by atoms with van der Waals surface area (Å²) in [5, 5.41) is 45.2. The van der Waals surface area contributed by atoms with Crippen LogP contribution in [-0.2, 0) is 4.79 Å². The molecule has 0 aliphatic heterocycles. The molecule has 3 unspecified atom stereocenters. The van der Waals surface area contributed by atoms with E-state index < -0.39 is 42.7 Å². The first kappa shape index (κ1) is 10.4. The van der Waals surface area contributed by atoms with Gasteiger partial charge in [0, 0.05) is 12.8 Å². The zero-order valence-corrected chi connectivity index (χ0v) is 6.79. The maximum Gasteiger partial charge on any atom is 0.335 e. The summed E-state index contributed by atoms with van der Waals surface area (Å²) < 4.78 is 0. The summed E-state index contributed by atoms with van der Waals surface area (Å²) >= 11 is 0. The average molecular weight is 192 g/mol. The van der Waals surface area contributed by atoms with Crippen molar-refractivity contribution in [2.45, 2.75) is 36.8 Å². The monoisotopic (exact) mass is 192 g/mol. The molecule has 1 saturated carbocycles. The number of aliphatic hydroxyl groups excluding tert-OH is 3. The van der Waals surface area contributed by atoms with Crippen molar-refractivity contribution in [1.29, 1.82) is 0 Å². The van der Waals surface area contributed by atoms with Crippen LogP contribution in [0.2, 0.25) is 0 Å². The first-order chi connectivity index (χ1) is 5.87. The topological polar surface area (TPSA) is 118 Å². The van der Waals surface area contributed by atoms with E-state index >= 15 is 0 Å². The molecule has 1 aliphatic carbocycles. The molecule has 5 N–H and O–H groups in total. The zero-order chi connectivity index (χ0) is 10.2. The first-order valence-electron chi connectivity index (χ1n) is 3.87. The maximum absolute atomic E-state index is 10.5. The summed E-state index contributed by atoms with van der Waals surface area (Å²) in [6.45, 7) is 0. The molecule has 0 aromatic heterocycles. The van der Waals surface area contributed by atoms with Crippen molar-refractivity contribution in [3.8, 4) is 0 Å². The Kier molecular flexibility index (Phi) is 2.58. The Hall–Kier alpha value is -0.690. The lowest BCUT2D eigenvalue weighted by atomic mass is 9.80. The molecule has 0 aromatic carbocycles. The van der Waals surface area contributed by atoms with Crippen molar-refractivity contribution in [1.82, 2.24) is 0 Å². The van der Waals surface area contributed by atoms with Gasteiger partial charge >= 0.3 is 5.97 Å². The number of carbonyl (C=O) groups is 1. The van der Waals surface area contributed by atoms with Crippen molar-refractivity contribution in [3.63, 3.8) is 0 Å². The summed E-state index contributed by atoms with van der Waals surface area (Å²) in [5.74, 6) is -1.50. The average Bonchev–Trinajstić information content (AvgIpc) is 2.00. The first-order valence-corrected chi connectivity index (χ1v) is 3.87. The van der Waals surface area contributed by atoms with Crippen LogP contribution in [-0.4, -0.2) is 55.4 Å². The summed E-state index contributed by atoms with van der Waals surface area (Å²) in [6, 6.07) is 0. The maximum atomic E-state index is 10.5. The summed E-state index contributed by atoms with van der Waals surface area (Å²) in [5.41, 5.74) is -2.14. The third-order valence-electron chi connectivity index (χ3n) is 2.28. The van der Waals surface area contributed by atoms with Crippen molar-refractivity contribution in [2.24, 2.45) is 0 Å². The number of carboxylic acid groups (broad SMARTS) is 1. The SMILES string of the molecule is O=C(O)C1(O)CC(O)C(O)[C@@H](O)C1. The van der Waals surface area contributed by atoms with Crippen LogP contribution < -0.4 is 0 Å². The molecule has 0 saturated heterocycles. The molecular weight excluding hydrogens is 180 g/mol. The van der Waals surface area contributed by atoms with Crippen LogP contribution in [0.5, 0.6) is 0 Å². The van der Waals surface area contributed by atoms with Gasteiger partial charge in [-0.25, -0.2) is 4.79 Å². The highest BCUT2D eigenvalue weighted by atomic mass is 16.4. The van der Waals surface area contributed by atoms with E-state index in [2.05, 4.69) is 0 Å². The Balaban J connectivity index is 2.79. The quantitative estimate of drug-likeness (QED) is 0.318.